The van der Waals surface area contributed by atoms with Gasteiger partial charge in [-0.15, -0.1) is 0 Å². The van der Waals surface area contributed by atoms with Gasteiger partial charge in [0.2, 0.25) is 0 Å². The van der Waals surface area contributed by atoms with Gasteiger partial charge in [-0.3, -0.25) is 4.79 Å². The SMILES string of the molecule is CC[C@H](Oc1ccc2ccccc2c1)C(=O)NCCOc1cccc(C)c1C. The molecule has 4 nitrogen and oxygen atoms in total. The number of carbonyl (C=O) groups is 1. The summed E-state index contributed by atoms with van der Waals surface area (Å²) in [5.41, 5.74) is 2.32. The van der Waals surface area contributed by atoms with Gasteiger partial charge in [0, 0.05) is 0 Å². The fourth-order valence-electron chi connectivity index (χ4n) is 3.06. The van der Waals surface area contributed by atoms with Crippen molar-refractivity contribution in [3.05, 3.63) is 71.8 Å². The molecule has 3 rings (SSSR count). The van der Waals surface area contributed by atoms with Crippen LogP contribution in [0.25, 0.3) is 10.8 Å². The Morgan fingerprint density at radius 2 is 1.79 bits per heavy atom. The molecule has 0 aliphatic carbocycles. The molecule has 0 bridgehead atoms. The topological polar surface area (TPSA) is 47.6 Å². The highest BCUT2D eigenvalue weighted by Crippen LogP contribution is 2.22. The molecule has 0 aliphatic heterocycles. The van der Waals surface area contributed by atoms with Crippen molar-refractivity contribution in [3.63, 3.8) is 0 Å². The highest BCUT2D eigenvalue weighted by Gasteiger charge is 2.18. The maximum absolute atomic E-state index is 12.5. The molecular weight excluding hydrogens is 350 g/mol. The van der Waals surface area contributed by atoms with Crippen molar-refractivity contribution in [2.75, 3.05) is 13.2 Å². The molecule has 0 aromatic heterocycles. The van der Waals surface area contributed by atoms with Crippen molar-refractivity contribution in [1.82, 2.24) is 5.32 Å². The molecule has 28 heavy (non-hydrogen) atoms. The van der Waals surface area contributed by atoms with E-state index >= 15 is 0 Å². The average molecular weight is 377 g/mol. The summed E-state index contributed by atoms with van der Waals surface area (Å²) in [5.74, 6) is 1.43. The smallest absolute Gasteiger partial charge is 0.261 e. The summed E-state index contributed by atoms with van der Waals surface area (Å²) in [6.07, 6.45) is 0.0677. The number of benzene rings is 3. The first-order valence-corrected chi connectivity index (χ1v) is 9.70. The van der Waals surface area contributed by atoms with Crippen LogP contribution in [0.1, 0.15) is 24.5 Å². The van der Waals surface area contributed by atoms with Crippen LogP contribution in [-0.4, -0.2) is 25.2 Å². The van der Waals surface area contributed by atoms with Gasteiger partial charge in [-0.1, -0.05) is 49.4 Å². The van der Waals surface area contributed by atoms with Gasteiger partial charge in [-0.05, 0) is 60.4 Å². The third-order valence-electron chi connectivity index (χ3n) is 4.88. The summed E-state index contributed by atoms with van der Waals surface area (Å²) < 4.78 is 11.7. The molecule has 0 heterocycles. The van der Waals surface area contributed by atoms with E-state index in [9.17, 15) is 4.79 Å². The molecule has 0 radical (unpaired) electrons. The van der Waals surface area contributed by atoms with Crippen molar-refractivity contribution < 1.29 is 14.3 Å². The molecule has 1 N–H and O–H groups in total. The second-order valence-corrected chi connectivity index (χ2v) is 6.86. The fourth-order valence-corrected chi connectivity index (χ4v) is 3.06. The minimum absolute atomic E-state index is 0.125. The van der Waals surface area contributed by atoms with E-state index in [0.717, 1.165) is 22.1 Å². The Bertz CT molecular complexity index is 951. The number of carbonyl (C=O) groups excluding carboxylic acids is 1. The average Bonchev–Trinajstić information content (AvgIpc) is 2.72. The fraction of sp³-hybridized carbons (Fsp3) is 0.292. The normalized spacial score (nSPS) is 11.8. The number of fused-ring (bicyclic) bond motifs is 1. The van der Waals surface area contributed by atoms with Crippen LogP contribution < -0.4 is 14.8 Å². The Morgan fingerprint density at radius 1 is 1.00 bits per heavy atom. The van der Waals surface area contributed by atoms with E-state index in [-0.39, 0.29) is 5.91 Å². The lowest BCUT2D eigenvalue weighted by Gasteiger charge is -2.18. The zero-order chi connectivity index (χ0) is 19.9. The maximum Gasteiger partial charge on any atom is 0.261 e. The van der Waals surface area contributed by atoms with Crippen LogP contribution in [0.4, 0.5) is 0 Å². The lowest BCUT2D eigenvalue weighted by molar-refractivity contribution is -0.128. The van der Waals surface area contributed by atoms with Gasteiger partial charge < -0.3 is 14.8 Å². The monoisotopic (exact) mass is 377 g/mol. The molecule has 4 heteroatoms. The first kappa shape index (κ1) is 19.7. The summed E-state index contributed by atoms with van der Waals surface area (Å²) in [5, 5.41) is 5.15. The first-order valence-electron chi connectivity index (χ1n) is 9.70. The summed E-state index contributed by atoms with van der Waals surface area (Å²) in [4.78, 5) is 12.5. The number of amides is 1. The lowest BCUT2D eigenvalue weighted by Crippen LogP contribution is -2.39. The van der Waals surface area contributed by atoms with Crippen molar-refractivity contribution in [3.8, 4) is 11.5 Å². The molecular formula is C24H27NO3. The molecule has 146 valence electrons. The van der Waals surface area contributed by atoms with Crippen LogP contribution >= 0.6 is 0 Å². The van der Waals surface area contributed by atoms with E-state index in [4.69, 9.17) is 9.47 Å². The number of rotatable bonds is 8. The van der Waals surface area contributed by atoms with E-state index in [0.29, 0.717) is 25.3 Å². The number of nitrogens with one attached hydrogen (secondary N) is 1. The van der Waals surface area contributed by atoms with Crippen molar-refractivity contribution in [1.29, 1.82) is 0 Å². The molecule has 3 aromatic carbocycles. The zero-order valence-corrected chi connectivity index (χ0v) is 16.7. The number of hydrogen-bond acceptors (Lipinski definition) is 3. The van der Waals surface area contributed by atoms with Crippen LogP contribution in [0, 0.1) is 13.8 Å². The largest absolute Gasteiger partial charge is 0.491 e. The Balaban J connectivity index is 1.52. The number of hydrogen-bond donors (Lipinski definition) is 1. The van der Waals surface area contributed by atoms with Gasteiger partial charge in [0.05, 0.1) is 6.54 Å². The molecule has 1 amide bonds. The van der Waals surface area contributed by atoms with Crippen LogP contribution in [0.3, 0.4) is 0 Å². The molecule has 3 aromatic rings. The molecule has 0 fully saturated rings. The van der Waals surface area contributed by atoms with Gasteiger partial charge in [0.1, 0.15) is 18.1 Å². The van der Waals surface area contributed by atoms with Gasteiger partial charge >= 0.3 is 0 Å². The predicted molar refractivity (Wildman–Crippen MR) is 113 cm³/mol. The molecule has 1 atom stereocenters. The summed E-state index contributed by atoms with van der Waals surface area (Å²) in [6, 6.07) is 19.9. The van der Waals surface area contributed by atoms with Gasteiger partial charge in [-0.2, -0.15) is 0 Å². The second kappa shape index (κ2) is 9.27. The third kappa shape index (κ3) is 4.83. The Kier molecular flexibility index (Phi) is 6.53. The van der Waals surface area contributed by atoms with E-state index in [1.807, 2.05) is 62.4 Å². The van der Waals surface area contributed by atoms with E-state index in [2.05, 4.69) is 24.4 Å². The van der Waals surface area contributed by atoms with E-state index < -0.39 is 6.10 Å². The predicted octanol–water partition coefficient (Wildman–Crippen LogP) is 4.81. The molecule has 0 unspecified atom stereocenters. The zero-order valence-electron chi connectivity index (χ0n) is 16.7. The Hall–Kier alpha value is -3.01. The number of aryl methyl sites for hydroxylation is 1. The second-order valence-electron chi connectivity index (χ2n) is 6.86. The summed E-state index contributed by atoms with van der Waals surface area (Å²) in [6.45, 7) is 6.89. The molecule has 0 aliphatic rings. The van der Waals surface area contributed by atoms with Crippen LogP contribution in [0.15, 0.2) is 60.7 Å². The van der Waals surface area contributed by atoms with Crippen molar-refractivity contribution in [2.24, 2.45) is 0 Å². The summed E-state index contributed by atoms with van der Waals surface area (Å²) >= 11 is 0. The molecule has 0 spiro atoms. The standard InChI is InChI=1S/C24H27NO3/c1-4-22(28-21-13-12-19-9-5-6-10-20(19)16-21)24(26)25-14-15-27-23-11-7-8-17(2)18(23)3/h5-13,16,22H,4,14-15H2,1-3H3,(H,25,26)/t22-/m0/s1. The molecule has 0 saturated carbocycles. The van der Waals surface area contributed by atoms with E-state index in [1.165, 1.54) is 5.56 Å². The molecule has 0 saturated heterocycles. The van der Waals surface area contributed by atoms with Crippen molar-refractivity contribution >= 4 is 16.7 Å². The Labute approximate surface area is 166 Å². The van der Waals surface area contributed by atoms with Crippen LogP contribution in [0.2, 0.25) is 0 Å². The minimum Gasteiger partial charge on any atom is -0.491 e. The summed E-state index contributed by atoms with van der Waals surface area (Å²) in [7, 11) is 0. The van der Waals surface area contributed by atoms with Gasteiger partial charge in [0.15, 0.2) is 6.10 Å². The van der Waals surface area contributed by atoms with Gasteiger partial charge in [-0.25, -0.2) is 0 Å². The van der Waals surface area contributed by atoms with Crippen molar-refractivity contribution in [2.45, 2.75) is 33.3 Å². The third-order valence-corrected chi connectivity index (χ3v) is 4.88. The van der Waals surface area contributed by atoms with E-state index in [1.54, 1.807) is 0 Å². The quantitative estimate of drug-likeness (QED) is 0.573. The van der Waals surface area contributed by atoms with Crippen LogP contribution in [0.5, 0.6) is 11.5 Å². The highest BCUT2D eigenvalue weighted by molar-refractivity contribution is 5.84. The first-order chi connectivity index (χ1) is 13.6. The number of ether oxygens (including phenoxy) is 2. The highest BCUT2D eigenvalue weighted by atomic mass is 16.5. The van der Waals surface area contributed by atoms with Crippen LogP contribution in [-0.2, 0) is 4.79 Å². The van der Waals surface area contributed by atoms with Gasteiger partial charge in [0.25, 0.3) is 5.91 Å². The lowest BCUT2D eigenvalue weighted by atomic mass is 10.1. The minimum atomic E-state index is -0.526. The maximum atomic E-state index is 12.5. The Morgan fingerprint density at radius 3 is 2.57 bits per heavy atom.